The molecule has 0 aromatic heterocycles. The number of likely N-dealkylation sites (tertiary alicyclic amines) is 1. The fourth-order valence-corrected chi connectivity index (χ4v) is 2.48. The molecule has 1 aromatic carbocycles. The van der Waals surface area contributed by atoms with Gasteiger partial charge in [0.1, 0.15) is 5.75 Å². The van der Waals surface area contributed by atoms with Gasteiger partial charge < -0.3 is 9.64 Å². The number of nitrogens with zero attached hydrogens (tertiary/aromatic N) is 2. The van der Waals surface area contributed by atoms with Crippen LogP contribution in [0.4, 0.5) is 0 Å². The number of benzene rings is 1. The summed E-state index contributed by atoms with van der Waals surface area (Å²) in [6.45, 7) is 4.12. The molecule has 1 atom stereocenters. The standard InChI is InChI=1S/C17H22N2O2/c1-2-3-11-21-16-8-6-15(7-9-16)17(20)19-10-4-5-14(12-18)13-19/h6-9,14H,2-5,10-11,13H2,1H3. The van der Waals surface area contributed by atoms with Crippen molar-refractivity contribution in [2.45, 2.75) is 32.6 Å². The Balaban J connectivity index is 1.95. The highest BCUT2D eigenvalue weighted by atomic mass is 16.5. The van der Waals surface area contributed by atoms with Gasteiger partial charge in [0.2, 0.25) is 0 Å². The lowest BCUT2D eigenvalue weighted by atomic mass is 9.99. The van der Waals surface area contributed by atoms with Crippen LogP contribution in [0.2, 0.25) is 0 Å². The van der Waals surface area contributed by atoms with Gasteiger partial charge in [-0.15, -0.1) is 0 Å². The SMILES string of the molecule is CCCCOc1ccc(C(=O)N2CCCC(C#N)C2)cc1. The maximum atomic E-state index is 12.4. The van der Waals surface area contributed by atoms with Crippen LogP contribution in [0.1, 0.15) is 43.0 Å². The molecule has 1 aliphatic heterocycles. The van der Waals surface area contributed by atoms with Gasteiger partial charge in [-0.1, -0.05) is 13.3 Å². The molecule has 1 aromatic rings. The van der Waals surface area contributed by atoms with Gasteiger partial charge in [0.05, 0.1) is 18.6 Å². The van der Waals surface area contributed by atoms with Crippen molar-refractivity contribution in [3.8, 4) is 11.8 Å². The smallest absolute Gasteiger partial charge is 0.253 e. The highest BCUT2D eigenvalue weighted by Crippen LogP contribution is 2.19. The number of ether oxygens (including phenoxy) is 1. The number of piperidine rings is 1. The van der Waals surface area contributed by atoms with Gasteiger partial charge in [-0.05, 0) is 43.5 Å². The van der Waals surface area contributed by atoms with Crippen LogP contribution >= 0.6 is 0 Å². The topological polar surface area (TPSA) is 53.3 Å². The number of nitriles is 1. The Hall–Kier alpha value is -2.02. The summed E-state index contributed by atoms with van der Waals surface area (Å²) in [5, 5.41) is 9.00. The Morgan fingerprint density at radius 2 is 2.19 bits per heavy atom. The Bertz CT molecular complexity index is 505. The molecule has 1 fully saturated rings. The molecule has 0 radical (unpaired) electrons. The molecule has 1 unspecified atom stereocenters. The van der Waals surface area contributed by atoms with Crippen LogP contribution in [0.15, 0.2) is 24.3 Å². The van der Waals surface area contributed by atoms with E-state index in [1.807, 2.05) is 12.1 Å². The molecule has 4 nitrogen and oxygen atoms in total. The van der Waals surface area contributed by atoms with Crippen LogP contribution in [0.3, 0.4) is 0 Å². The lowest BCUT2D eigenvalue weighted by Crippen LogP contribution is -2.39. The lowest BCUT2D eigenvalue weighted by molar-refractivity contribution is 0.0699. The first-order valence-electron chi connectivity index (χ1n) is 7.66. The van der Waals surface area contributed by atoms with Gasteiger partial charge in [0.25, 0.3) is 5.91 Å². The molecule has 0 aliphatic carbocycles. The van der Waals surface area contributed by atoms with E-state index in [-0.39, 0.29) is 11.8 Å². The molecule has 1 saturated heterocycles. The van der Waals surface area contributed by atoms with Crippen molar-refractivity contribution in [2.75, 3.05) is 19.7 Å². The summed E-state index contributed by atoms with van der Waals surface area (Å²) in [5.41, 5.74) is 0.663. The number of hydrogen-bond acceptors (Lipinski definition) is 3. The Labute approximate surface area is 126 Å². The number of carbonyl (C=O) groups is 1. The second-order valence-electron chi connectivity index (χ2n) is 5.45. The van der Waals surface area contributed by atoms with Crippen molar-refractivity contribution in [3.63, 3.8) is 0 Å². The van der Waals surface area contributed by atoms with Crippen LogP contribution in [0.25, 0.3) is 0 Å². The average molecular weight is 286 g/mol. The van der Waals surface area contributed by atoms with E-state index < -0.39 is 0 Å². The van der Waals surface area contributed by atoms with Crippen LogP contribution in [-0.2, 0) is 0 Å². The van der Waals surface area contributed by atoms with Gasteiger partial charge in [-0.3, -0.25) is 4.79 Å². The molecular weight excluding hydrogens is 264 g/mol. The summed E-state index contributed by atoms with van der Waals surface area (Å²) in [7, 11) is 0. The first kappa shape index (κ1) is 15.4. The van der Waals surface area contributed by atoms with E-state index in [4.69, 9.17) is 10.00 Å². The predicted octanol–water partition coefficient (Wildman–Crippen LogP) is 3.24. The molecule has 1 amide bonds. The summed E-state index contributed by atoms with van der Waals surface area (Å²) < 4.78 is 5.59. The molecule has 0 spiro atoms. The molecular formula is C17H22N2O2. The van der Waals surface area contributed by atoms with Gasteiger partial charge in [0, 0.05) is 18.7 Å². The van der Waals surface area contributed by atoms with Gasteiger partial charge >= 0.3 is 0 Å². The first-order valence-corrected chi connectivity index (χ1v) is 7.66. The van der Waals surface area contributed by atoms with Crippen LogP contribution in [0, 0.1) is 17.2 Å². The summed E-state index contributed by atoms with van der Waals surface area (Å²) in [6.07, 6.45) is 3.93. The minimum Gasteiger partial charge on any atom is -0.494 e. The van der Waals surface area contributed by atoms with E-state index in [1.165, 1.54) is 0 Å². The average Bonchev–Trinajstić information content (AvgIpc) is 2.55. The highest BCUT2D eigenvalue weighted by molar-refractivity contribution is 5.94. The summed E-state index contributed by atoms with van der Waals surface area (Å²) in [5.74, 6) is 0.781. The summed E-state index contributed by atoms with van der Waals surface area (Å²) in [4.78, 5) is 14.2. The van der Waals surface area contributed by atoms with Gasteiger partial charge in [-0.2, -0.15) is 5.26 Å². The van der Waals surface area contributed by atoms with Crippen molar-refractivity contribution < 1.29 is 9.53 Å². The van der Waals surface area contributed by atoms with E-state index >= 15 is 0 Å². The predicted molar refractivity (Wildman–Crippen MR) is 81.1 cm³/mol. The fraction of sp³-hybridized carbons (Fsp3) is 0.529. The molecule has 1 heterocycles. The van der Waals surface area contributed by atoms with E-state index in [9.17, 15) is 4.79 Å². The maximum absolute atomic E-state index is 12.4. The zero-order valence-corrected chi connectivity index (χ0v) is 12.5. The molecule has 2 rings (SSSR count). The van der Waals surface area contributed by atoms with E-state index in [0.29, 0.717) is 18.7 Å². The molecule has 21 heavy (non-hydrogen) atoms. The van der Waals surface area contributed by atoms with E-state index in [1.54, 1.807) is 17.0 Å². The summed E-state index contributed by atoms with van der Waals surface area (Å²) in [6, 6.07) is 9.56. The summed E-state index contributed by atoms with van der Waals surface area (Å²) >= 11 is 0. The largest absolute Gasteiger partial charge is 0.494 e. The van der Waals surface area contributed by atoms with Crippen LogP contribution in [-0.4, -0.2) is 30.5 Å². The van der Waals surface area contributed by atoms with Gasteiger partial charge in [0.15, 0.2) is 0 Å². The van der Waals surface area contributed by atoms with Crippen LogP contribution in [0.5, 0.6) is 5.75 Å². The highest BCUT2D eigenvalue weighted by Gasteiger charge is 2.24. The van der Waals surface area contributed by atoms with Gasteiger partial charge in [-0.25, -0.2) is 0 Å². The van der Waals surface area contributed by atoms with Crippen molar-refractivity contribution in [2.24, 2.45) is 5.92 Å². The molecule has 0 bridgehead atoms. The minimum atomic E-state index is -0.0284. The quantitative estimate of drug-likeness (QED) is 0.781. The zero-order chi connectivity index (χ0) is 15.1. The van der Waals surface area contributed by atoms with Crippen molar-refractivity contribution in [1.82, 2.24) is 4.90 Å². The monoisotopic (exact) mass is 286 g/mol. The fourth-order valence-electron chi connectivity index (χ4n) is 2.48. The Kier molecular flexibility index (Phi) is 5.62. The van der Waals surface area contributed by atoms with E-state index in [2.05, 4.69) is 13.0 Å². The third-order valence-corrected chi connectivity index (χ3v) is 3.76. The molecule has 0 saturated carbocycles. The molecule has 0 N–H and O–H groups in total. The van der Waals surface area contributed by atoms with Crippen molar-refractivity contribution >= 4 is 5.91 Å². The van der Waals surface area contributed by atoms with Crippen molar-refractivity contribution in [3.05, 3.63) is 29.8 Å². The third-order valence-electron chi connectivity index (χ3n) is 3.76. The Morgan fingerprint density at radius 3 is 2.86 bits per heavy atom. The number of carbonyl (C=O) groups excluding carboxylic acids is 1. The molecule has 4 heteroatoms. The lowest BCUT2D eigenvalue weighted by Gasteiger charge is -2.29. The number of hydrogen-bond donors (Lipinski definition) is 0. The Morgan fingerprint density at radius 1 is 1.43 bits per heavy atom. The third kappa shape index (κ3) is 4.22. The number of rotatable bonds is 5. The van der Waals surface area contributed by atoms with Crippen LogP contribution < -0.4 is 4.74 Å². The minimum absolute atomic E-state index is 0.00931. The number of amides is 1. The normalized spacial score (nSPS) is 18.1. The second kappa shape index (κ2) is 7.68. The maximum Gasteiger partial charge on any atom is 0.253 e. The first-order chi connectivity index (χ1) is 10.2. The van der Waals surface area contributed by atoms with E-state index in [0.717, 1.165) is 38.0 Å². The zero-order valence-electron chi connectivity index (χ0n) is 12.5. The second-order valence-corrected chi connectivity index (χ2v) is 5.45. The number of unbranched alkanes of at least 4 members (excludes halogenated alkanes) is 1. The van der Waals surface area contributed by atoms with Crippen molar-refractivity contribution in [1.29, 1.82) is 5.26 Å². The molecule has 1 aliphatic rings. The molecule has 112 valence electrons.